The highest BCUT2D eigenvalue weighted by Gasteiger charge is 2.17. The van der Waals surface area contributed by atoms with Gasteiger partial charge in [0.05, 0.1) is 18.2 Å². The maximum absolute atomic E-state index is 10.3. The summed E-state index contributed by atoms with van der Waals surface area (Å²) in [5.74, 6) is 0.818. The van der Waals surface area contributed by atoms with E-state index in [0.717, 1.165) is 16.9 Å². The average molecular weight is 322 g/mol. The van der Waals surface area contributed by atoms with Crippen molar-refractivity contribution in [3.8, 4) is 5.75 Å². The molecule has 0 saturated carbocycles. The molecule has 0 saturated heterocycles. The molecule has 0 bridgehead atoms. The molecule has 22 heavy (non-hydrogen) atoms. The third kappa shape index (κ3) is 5.34. The summed E-state index contributed by atoms with van der Waals surface area (Å²) < 4.78 is 5.60. The summed E-state index contributed by atoms with van der Waals surface area (Å²) in [4.78, 5) is 0. The molecule has 0 fully saturated rings. The quantitative estimate of drug-likeness (QED) is 0.856. The maximum Gasteiger partial charge on any atom is 0.119 e. The lowest BCUT2D eigenvalue weighted by Gasteiger charge is -2.20. The molecule has 2 atom stereocenters. The number of aliphatic hydroxyl groups is 1. The molecule has 120 valence electrons. The molecule has 4 heteroatoms. The van der Waals surface area contributed by atoms with Crippen molar-refractivity contribution >= 4 is 12.4 Å². The van der Waals surface area contributed by atoms with Crippen LogP contribution >= 0.6 is 12.4 Å². The monoisotopic (exact) mass is 321 g/mol. The summed E-state index contributed by atoms with van der Waals surface area (Å²) in [6.45, 7) is 3.98. The van der Waals surface area contributed by atoms with Crippen LogP contribution in [-0.2, 0) is 6.42 Å². The summed E-state index contributed by atoms with van der Waals surface area (Å²) in [6, 6.07) is 17.1. The molecule has 2 aromatic rings. The summed E-state index contributed by atoms with van der Waals surface area (Å²) in [5, 5.41) is 10.3. The highest BCUT2D eigenvalue weighted by molar-refractivity contribution is 5.85. The van der Waals surface area contributed by atoms with Crippen molar-refractivity contribution in [2.45, 2.75) is 38.5 Å². The Morgan fingerprint density at radius 1 is 1.00 bits per heavy atom. The Kier molecular flexibility index (Phi) is 7.39. The molecule has 2 rings (SSSR count). The van der Waals surface area contributed by atoms with Gasteiger partial charge in [0.2, 0.25) is 0 Å². The van der Waals surface area contributed by atoms with E-state index in [9.17, 15) is 5.11 Å². The minimum atomic E-state index is -0.607. The molecule has 0 aliphatic carbocycles. The lowest BCUT2D eigenvalue weighted by Crippen LogP contribution is -2.28. The first kappa shape index (κ1) is 18.5. The second-order valence-electron chi connectivity index (χ2n) is 5.52. The second kappa shape index (κ2) is 8.79. The van der Waals surface area contributed by atoms with Gasteiger partial charge in [0, 0.05) is 6.42 Å². The Bertz CT molecular complexity index is 543. The molecule has 0 heterocycles. The first-order valence-corrected chi connectivity index (χ1v) is 7.30. The van der Waals surface area contributed by atoms with E-state index in [2.05, 4.69) is 0 Å². The van der Waals surface area contributed by atoms with Crippen molar-refractivity contribution in [1.29, 1.82) is 0 Å². The van der Waals surface area contributed by atoms with Gasteiger partial charge in [-0.3, -0.25) is 0 Å². The van der Waals surface area contributed by atoms with Crippen molar-refractivity contribution in [1.82, 2.24) is 0 Å². The van der Waals surface area contributed by atoms with Crippen LogP contribution in [0, 0.1) is 0 Å². The summed E-state index contributed by atoms with van der Waals surface area (Å²) >= 11 is 0. The van der Waals surface area contributed by atoms with Gasteiger partial charge in [0.1, 0.15) is 5.75 Å². The first-order chi connectivity index (χ1) is 10.1. The lowest BCUT2D eigenvalue weighted by molar-refractivity contribution is 0.145. The number of halogens is 1. The molecule has 2 aromatic carbocycles. The van der Waals surface area contributed by atoms with Crippen molar-refractivity contribution in [2.75, 3.05) is 0 Å². The Morgan fingerprint density at radius 2 is 1.59 bits per heavy atom. The molecule has 0 aromatic heterocycles. The first-order valence-electron chi connectivity index (χ1n) is 7.30. The third-order valence-electron chi connectivity index (χ3n) is 3.34. The highest BCUT2D eigenvalue weighted by atomic mass is 35.5. The van der Waals surface area contributed by atoms with E-state index in [-0.39, 0.29) is 18.5 Å². The van der Waals surface area contributed by atoms with Gasteiger partial charge in [-0.05, 0) is 37.1 Å². The van der Waals surface area contributed by atoms with Crippen LogP contribution in [0.1, 0.15) is 31.0 Å². The standard InChI is InChI=1S/C18H23NO2.ClH/c1-13(2)21-16-10-8-15(9-11-16)18(19)17(20)12-14-6-4-3-5-7-14;/h3-11,13,17-18,20H,12,19H2,1-2H3;1H/t17-,18+;/m0./s1. The molecule has 0 spiro atoms. The highest BCUT2D eigenvalue weighted by Crippen LogP contribution is 2.21. The van der Waals surface area contributed by atoms with E-state index in [1.165, 1.54) is 0 Å². The number of hydrogen-bond acceptors (Lipinski definition) is 3. The molecule has 0 aliphatic rings. The van der Waals surface area contributed by atoms with Crippen molar-refractivity contribution < 1.29 is 9.84 Å². The Hall–Kier alpha value is -1.55. The zero-order chi connectivity index (χ0) is 15.2. The van der Waals surface area contributed by atoms with Crippen LogP contribution in [0.5, 0.6) is 5.75 Å². The van der Waals surface area contributed by atoms with Crippen LogP contribution in [0.4, 0.5) is 0 Å². The average Bonchev–Trinajstić information content (AvgIpc) is 2.47. The molecule has 3 nitrogen and oxygen atoms in total. The van der Waals surface area contributed by atoms with Gasteiger partial charge in [-0.1, -0.05) is 42.5 Å². The Labute approximate surface area is 138 Å². The molecule has 0 radical (unpaired) electrons. The predicted octanol–water partition coefficient (Wildman–Crippen LogP) is 3.50. The lowest BCUT2D eigenvalue weighted by atomic mass is 9.97. The SMILES string of the molecule is CC(C)Oc1ccc([C@@H](N)[C@@H](O)Cc2ccccc2)cc1.Cl. The topological polar surface area (TPSA) is 55.5 Å². The van der Waals surface area contributed by atoms with Gasteiger partial charge in [-0.2, -0.15) is 0 Å². The normalized spacial score (nSPS) is 13.3. The number of rotatable bonds is 6. The van der Waals surface area contributed by atoms with E-state index >= 15 is 0 Å². The van der Waals surface area contributed by atoms with Gasteiger partial charge in [0.15, 0.2) is 0 Å². The van der Waals surface area contributed by atoms with E-state index in [4.69, 9.17) is 10.5 Å². The summed E-state index contributed by atoms with van der Waals surface area (Å²) in [7, 11) is 0. The number of aliphatic hydroxyl groups excluding tert-OH is 1. The fourth-order valence-electron chi connectivity index (χ4n) is 2.25. The van der Waals surface area contributed by atoms with Crippen molar-refractivity contribution in [3.63, 3.8) is 0 Å². The number of nitrogens with two attached hydrogens (primary N) is 1. The molecular weight excluding hydrogens is 298 g/mol. The summed E-state index contributed by atoms with van der Waals surface area (Å²) in [6.07, 6.45) is 0.0872. The van der Waals surface area contributed by atoms with Crippen molar-refractivity contribution in [3.05, 3.63) is 65.7 Å². The zero-order valence-corrected chi connectivity index (χ0v) is 13.8. The van der Waals surface area contributed by atoms with E-state index in [0.29, 0.717) is 6.42 Å². The van der Waals surface area contributed by atoms with Crippen LogP contribution in [0.25, 0.3) is 0 Å². The van der Waals surface area contributed by atoms with Crippen molar-refractivity contribution in [2.24, 2.45) is 5.73 Å². The molecular formula is C18H24ClNO2. The number of ether oxygens (including phenoxy) is 1. The van der Waals surface area contributed by atoms with Crippen LogP contribution in [0.3, 0.4) is 0 Å². The summed E-state index contributed by atoms with van der Waals surface area (Å²) in [5.41, 5.74) is 8.14. The predicted molar refractivity (Wildman–Crippen MR) is 92.5 cm³/mol. The second-order valence-corrected chi connectivity index (χ2v) is 5.52. The zero-order valence-electron chi connectivity index (χ0n) is 13.0. The number of benzene rings is 2. The maximum atomic E-state index is 10.3. The Morgan fingerprint density at radius 3 is 2.14 bits per heavy atom. The van der Waals surface area contributed by atoms with Crippen LogP contribution < -0.4 is 10.5 Å². The van der Waals surface area contributed by atoms with Gasteiger partial charge < -0.3 is 15.6 Å². The molecule has 0 aliphatic heterocycles. The fourth-order valence-corrected chi connectivity index (χ4v) is 2.25. The third-order valence-corrected chi connectivity index (χ3v) is 3.34. The Balaban J connectivity index is 0.00000242. The fraction of sp³-hybridized carbons (Fsp3) is 0.333. The minimum Gasteiger partial charge on any atom is -0.491 e. The number of hydrogen-bond donors (Lipinski definition) is 2. The van der Waals surface area contributed by atoms with Gasteiger partial charge in [0.25, 0.3) is 0 Å². The van der Waals surface area contributed by atoms with Gasteiger partial charge in [-0.25, -0.2) is 0 Å². The minimum absolute atomic E-state index is 0. The van der Waals surface area contributed by atoms with Gasteiger partial charge in [-0.15, -0.1) is 12.4 Å². The van der Waals surface area contributed by atoms with Crippen LogP contribution in [-0.4, -0.2) is 17.3 Å². The van der Waals surface area contributed by atoms with Crippen LogP contribution in [0.15, 0.2) is 54.6 Å². The molecule has 0 unspecified atom stereocenters. The molecule has 0 amide bonds. The molecule has 3 N–H and O–H groups in total. The van der Waals surface area contributed by atoms with E-state index in [1.54, 1.807) is 0 Å². The largest absolute Gasteiger partial charge is 0.491 e. The van der Waals surface area contributed by atoms with Crippen LogP contribution in [0.2, 0.25) is 0 Å². The van der Waals surface area contributed by atoms with E-state index < -0.39 is 12.1 Å². The smallest absolute Gasteiger partial charge is 0.119 e. The van der Waals surface area contributed by atoms with Gasteiger partial charge >= 0.3 is 0 Å². The van der Waals surface area contributed by atoms with E-state index in [1.807, 2.05) is 68.4 Å².